The first-order valence-corrected chi connectivity index (χ1v) is 23.9. The minimum absolute atomic E-state index is 0.0228. The van der Waals surface area contributed by atoms with Gasteiger partial charge in [0.05, 0.1) is 0 Å². The molecule has 2 N–H and O–H groups in total. The van der Waals surface area contributed by atoms with E-state index in [0.717, 1.165) is 48.6 Å². The Bertz CT molecular complexity index is 1640. The first kappa shape index (κ1) is 33.8. The molecule has 8 bridgehead atoms. The molecule has 10 fully saturated rings. The van der Waals surface area contributed by atoms with Crippen molar-refractivity contribution in [3.63, 3.8) is 0 Å². The zero-order chi connectivity index (χ0) is 34.5. The summed E-state index contributed by atoms with van der Waals surface area (Å²) in [5.74, 6) is 6.15. The number of hydrogen-bond acceptors (Lipinski definition) is 2. The molecule has 3 aromatic carbocycles. The topological polar surface area (TPSA) is 24.1 Å². The molecule has 2 heterocycles. The van der Waals surface area contributed by atoms with Gasteiger partial charge in [0.25, 0.3) is 0 Å². The molecule has 0 amide bonds. The van der Waals surface area contributed by atoms with Crippen molar-refractivity contribution in [2.24, 2.45) is 35.5 Å². The molecule has 2 saturated heterocycles. The zero-order valence-electron chi connectivity index (χ0n) is 31.5. The molecule has 3 aromatic rings. The van der Waals surface area contributed by atoms with Gasteiger partial charge in [-0.05, 0) is 213 Å². The van der Waals surface area contributed by atoms with E-state index in [9.17, 15) is 0 Å². The Balaban J connectivity index is 1.13. The van der Waals surface area contributed by atoms with E-state index in [1.54, 1.807) is 88.2 Å². The summed E-state index contributed by atoms with van der Waals surface area (Å²) in [5.41, 5.74) is 9.07. The molecule has 4 heteroatoms. The normalized spacial score (nSPS) is 40.3. The average Bonchev–Trinajstić information content (AvgIpc) is 3.90. The lowest BCUT2D eigenvalue weighted by Gasteiger charge is -2.67. The van der Waals surface area contributed by atoms with Gasteiger partial charge in [-0.15, -0.1) is 9.24 Å². The van der Waals surface area contributed by atoms with Crippen LogP contribution in [0.1, 0.15) is 114 Å². The largest absolute Gasteiger partial charge is 0.313 e. The summed E-state index contributed by atoms with van der Waals surface area (Å²) in [6.45, 7) is 2.31. The van der Waals surface area contributed by atoms with E-state index in [4.69, 9.17) is 0 Å². The van der Waals surface area contributed by atoms with Crippen molar-refractivity contribution in [1.29, 1.82) is 0 Å². The summed E-state index contributed by atoms with van der Waals surface area (Å²) < 4.78 is 0. The van der Waals surface area contributed by atoms with Crippen molar-refractivity contribution >= 4 is 17.2 Å². The second-order valence-corrected chi connectivity index (χ2v) is 23.9. The molecule has 52 heavy (non-hydrogen) atoms. The molecular formula is C48H62N2P2. The highest BCUT2D eigenvalue weighted by molar-refractivity contribution is 7.60. The minimum atomic E-state index is -0.168. The predicted molar refractivity (Wildman–Crippen MR) is 223 cm³/mol. The van der Waals surface area contributed by atoms with E-state index < -0.39 is 0 Å². The Kier molecular flexibility index (Phi) is 8.44. The van der Waals surface area contributed by atoms with Crippen molar-refractivity contribution in [2.45, 2.75) is 136 Å². The Labute approximate surface area is 317 Å². The highest BCUT2D eigenvalue weighted by Crippen LogP contribution is 2.80. The first-order chi connectivity index (χ1) is 25.5. The highest BCUT2D eigenvalue weighted by Gasteiger charge is 2.63. The van der Waals surface area contributed by atoms with Crippen molar-refractivity contribution < 1.29 is 0 Å². The fraction of sp³-hybridized carbons (Fsp3) is 0.625. The molecule has 0 radical (unpaired) electrons. The van der Waals surface area contributed by atoms with Gasteiger partial charge in [-0.1, -0.05) is 68.6 Å². The van der Waals surface area contributed by atoms with Gasteiger partial charge in [-0.2, -0.15) is 0 Å². The van der Waals surface area contributed by atoms with Gasteiger partial charge in [-0.25, -0.2) is 0 Å². The fourth-order valence-electron chi connectivity index (χ4n) is 15.5. The summed E-state index contributed by atoms with van der Waals surface area (Å²) in [6, 6.07) is 29.5. The number of rotatable bonds is 9. The van der Waals surface area contributed by atoms with Crippen LogP contribution in [0.25, 0.3) is 22.3 Å². The van der Waals surface area contributed by atoms with Crippen LogP contribution in [0.5, 0.6) is 0 Å². The third-order valence-electron chi connectivity index (χ3n) is 16.6. The van der Waals surface area contributed by atoms with Gasteiger partial charge in [0.2, 0.25) is 0 Å². The second-order valence-electron chi connectivity index (χ2n) is 19.9. The summed E-state index contributed by atoms with van der Waals surface area (Å²) in [6.07, 6.45) is 25.4. The molecule has 8 saturated carbocycles. The molecule has 274 valence electrons. The van der Waals surface area contributed by atoms with Crippen LogP contribution >= 0.6 is 17.2 Å². The van der Waals surface area contributed by atoms with Gasteiger partial charge in [-0.3, -0.25) is 0 Å². The Morgan fingerprint density at radius 2 is 0.981 bits per heavy atom. The smallest absolute Gasteiger partial charge is 0.0405 e. The van der Waals surface area contributed by atoms with Gasteiger partial charge in [0.15, 0.2) is 0 Å². The van der Waals surface area contributed by atoms with E-state index in [1.807, 2.05) is 0 Å². The SMILES string of the molecule is PC(c1cc(-c2ccccc2)c(-c2ccccc2)cc1CP(C12CC3CC(CC(C3)C1)C2)C12CC3CC(CC(C3)C1)C2)(C1CCCN1)C1CCCN1. The van der Waals surface area contributed by atoms with Crippen molar-refractivity contribution in [3.05, 3.63) is 83.9 Å². The van der Waals surface area contributed by atoms with E-state index in [-0.39, 0.29) is 13.1 Å². The molecule has 2 nitrogen and oxygen atoms in total. The standard InChI is InChI=1S/C48H62N2P2/c51-48(44-13-7-15-49-44,45-14-8-16-50-45)43-24-42(39-11-5-2-6-12-39)41(38-9-3-1-4-10-38)23-40(43)31-52(46-25-32-17-33(26-46)19-34(18-32)27-46)47-28-35-20-36(29-47)22-37(21-35)30-47/h1-6,9-12,23-24,32-37,44-45,49-50H,7-8,13-22,25-31,51H2. The number of nitrogens with one attached hydrogen (secondary N) is 2. The molecule has 3 atom stereocenters. The van der Waals surface area contributed by atoms with Crippen LogP contribution < -0.4 is 10.6 Å². The molecule has 2 aliphatic heterocycles. The lowest BCUT2D eigenvalue weighted by atomic mass is 9.55. The molecule has 0 aromatic heterocycles. The van der Waals surface area contributed by atoms with E-state index in [0.29, 0.717) is 22.4 Å². The summed E-state index contributed by atoms with van der Waals surface area (Å²) >= 11 is 0. The van der Waals surface area contributed by atoms with Gasteiger partial charge < -0.3 is 10.6 Å². The first-order valence-electron chi connectivity index (χ1n) is 21.8. The monoisotopic (exact) mass is 728 g/mol. The predicted octanol–water partition coefficient (Wildman–Crippen LogP) is 11.5. The van der Waals surface area contributed by atoms with E-state index in [1.165, 1.54) is 54.1 Å². The van der Waals surface area contributed by atoms with Gasteiger partial charge >= 0.3 is 0 Å². The Morgan fingerprint density at radius 1 is 0.577 bits per heavy atom. The molecule has 0 spiro atoms. The van der Waals surface area contributed by atoms with Crippen LogP contribution in [0.2, 0.25) is 0 Å². The summed E-state index contributed by atoms with van der Waals surface area (Å²) in [7, 11) is 3.47. The fourth-order valence-corrected chi connectivity index (χ4v) is 21.5. The lowest BCUT2D eigenvalue weighted by Crippen LogP contribution is -2.56. The third kappa shape index (κ3) is 5.53. The van der Waals surface area contributed by atoms with Crippen LogP contribution in [-0.4, -0.2) is 35.5 Å². The van der Waals surface area contributed by atoms with Crippen LogP contribution in [0.4, 0.5) is 0 Å². The lowest BCUT2D eigenvalue weighted by molar-refractivity contribution is 0.0184. The van der Waals surface area contributed by atoms with Crippen molar-refractivity contribution in [1.82, 2.24) is 10.6 Å². The zero-order valence-corrected chi connectivity index (χ0v) is 33.6. The average molecular weight is 729 g/mol. The number of hydrogen-bond donors (Lipinski definition) is 2. The van der Waals surface area contributed by atoms with Crippen molar-refractivity contribution in [3.8, 4) is 22.3 Å². The van der Waals surface area contributed by atoms with Crippen LogP contribution in [-0.2, 0) is 11.3 Å². The number of benzene rings is 3. The molecular weight excluding hydrogens is 666 g/mol. The summed E-state index contributed by atoms with van der Waals surface area (Å²) in [4.78, 5) is 0. The Morgan fingerprint density at radius 3 is 1.37 bits per heavy atom. The minimum Gasteiger partial charge on any atom is -0.313 e. The maximum absolute atomic E-state index is 4.12. The van der Waals surface area contributed by atoms with Crippen LogP contribution in [0.15, 0.2) is 72.8 Å². The second kappa shape index (κ2) is 13.0. The quantitative estimate of drug-likeness (QED) is 0.214. The molecule has 13 rings (SSSR count). The maximum atomic E-state index is 4.12. The van der Waals surface area contributed by atoms with Crippen LogP contribution in [0.3, 0.4) is 0 Å². The van der Waals surface area contributed by atoms with E-state index >= 15 is 0 Å². The molecule has 8 aliphatic carbocycles. The van der Waals surface area contributed by atoms with Gasteiger partial charge in [0, 0.05) is 17.2 Å². The Hall–Kier alpha value is -1.56. The van der Waals surface area contributed by atoms with E-state index in [2.05, 4.69) is 92.7 Å². The van der Waals surface area contributed by atoms with Crippen LogP contribution in [0, 0.1) is 35.5 Å². The maximum Gasteiger partial charge on any atom is 0.0405 e. The van der Waals surface area contributed by atoms with Crippen molar-refractivity contribution in [2.75, 3.05) is 13.1 Å². The molecule has 10 aliphatic rings. The third-order valence-corrected chi connectivity index (χ3v) is 21.8. The highest BCUT2D eigenvalue weighted by atomic mass is 31.1. The van der Waals surface area contributed by atoms with Gasteiger partial charge in [0.1, 0.15) is 0 Å². The summed E-state index contributed by atoms with van der Waals surface area (Å²) in [5, 5.41) is 9.47. The molecule has 3 unspecified atom stereocenters.